The van der Waals surface area contributed by atoms with Gasteiger partial charge in [0.15, 0.2) is 0 Å². The summed E-state index contributed by atoms with van der Waals surface area (Å²) < 4.78 is 5.81. The summed E-state index contributed by atoms with van der Waals surface area (Å²) in [6, 6.07) is 24.8. The van der Waals surface area contributed by atoms with Crippen molar-refractivity contribution in [2.45, 2.75) is 26.4 Å². The van der Waals surface area contributed by atoms with Crippen molar-refractivity contribution in [3.05, 3.63) is 106 Å². The number of halogens is 1. The van der Waals surface area contributed by atoms with Gasteiger partial charge >= 0.3 is 0 Å². The number of carbonyl (C=O) groups is 1. The number of aromatic nitrogens is 2. The van der Waals surface area contributed by atoms with Crippen molar-refractivity contribution in [2.75, 3.05) is 0 Å². The highest BCUT2D eigenvalue weighted by Gasteiger charge is 2.10. The smallest absolute Gasteiger partial charge is 0.289 e. The number of nitrogens with one attached hydrogen (secondary N) is 2. The van der Waals surface area contributed by atoms with Crippen LogP contribution in [0.15, 0.2) is 84.0 Å². The van der Waals surface area contributed by atoms with E-state index < -0.39 is 0 Å². The highest BCUT2D eigenvalue weighted by molar-refractivity contribution is 6.30. The van der Waals surface area contributed by atoms with E-state index in [0.717, 1.165) is 22.4 Å². The van der Waals surface area contributed by atoms with E-state index in [1.807, 2.05) is 60.7 Å². The van der Waals surface area contributed by atoms with Gasteiger partial charge in [-0.05, 0) is 65.1 Å². The number of hydrazone groups is 1. The molecule has 0 aliphatic rings. The lowest BCUT2D eigenvalue weighted by molar-refractivity contribution is 0.0950. The minimum atomic E-state index is -0.364. The van der Waals surface area contributed by atoms with Crippen LogP contribution in [0.25, 0.3) is 11.3 Å². The molecule has 1 amide bonds. The van der Waals surface area contributed by atoms with Gasteiger partial charge in [0.2, 0.25) is 0 Å². The van der Waals surface area contributed by atoms with E-state index in [-0.39, 0.29) is 5.91 Å². The molecule has 0 bridgehead atoms. The Morgan fingerprint density at radius 2 is 1.76 bits per heavy atom. The van der Waals surface area contributed by atoms with Crippen molar-refractivity contribution >= 4 is 23.7 Å². The monoisotopic (exact) mass is 472 g/mol. The number of carbonyl (C=O) groups excluding carboxylic acids is 1. The Labute approximate surface area is 203 Å². The van der Waals surface area contributed by atoms with Gasteiger partial charge < -0.3 is 4.74 Å². The van der Waals surface area contributed by atoms with Crippen LogP contribution in [0.1, 0.15) is 46.9 Å². The highest BCUT2D eigenvalue weighted by atomic mass is 35.5. The molecule has 4 aromatic rings. The Bertz CT molecular complexity index is 1260. The van der Waals surface area contributed by atoms with Gasteiger partial charge in [0.1, 0.15) is 18.1 Å². The Hall–Kier alpha value is -3.90. The first-order valence-electron chi connectivity index (χ1n) is 10.9. The van der Waals surface area contributed by atoms with Gasteiger partial charge in [-0.25, -0.2) is 5.43 Å². The highest BCUT2D eigenvalue weighted by Crippen LogP contribution is 2.22. The molecule has 3 aromatic carbocycles. The molecule has 2 N–H and O–H groups in total. The summed E-state index contributed by atoms with van der Waals surface area (Å²) in [7, 11) is 0. The maximum absolute atomic E-state index is 12.4. The third kappa shape index (κ3) is 6.11. The molecule has 34 heavy (non-hydrogen) atoms. The Morgan fingerprint density at radius 3 is 2.44 bits per heavy atom. The molecule has 172 valence electrons. The van der Waals surface area contributed by atoms with E-state index in [4.69, 9.17) is 16.3 Å². The zero-order valence-electron chi connectivity index (χ0n) is 19.0. The Balaban J connectivity index is 1.32. The molecule has 0 aliphatic heterocycles. The van der Waals surface area contributed by atoms with Crippen LogP contribution in [-0.4, -0.2) is 22.3 Å². The summed E-state index contributed by atoms with van der Waals surface area (Å²) in [5.74, 6) is 0.845. The minimum absolute atomic E-state index is 0.324. The van der Waals surface area contributed by atoms with Gasteiger partial charge in [-0.15, -0.1) is 0 Å². The van der Waals surface area contributed by atoms with Gasteiger partial charge in [0.05, 0.1) is 11.9 Å². The molecular weight excluding hydrogens is 448 g/mol. The van der Waals surface area contributed by atoms with E-state index in [1.54, 1.807) is 12.3 Å². The van der Waals surface area contributed by atoms with E-state index in [0.29, 0.717) is 28.9 Å². The first-order valence-corrected chi connectivity index (χ1v) is 11.3. The quantitative estimate of drug-likeness (QED) is 0.237. The van der Waals surface area contributed by atoms with Crippen LogP contribution in [0.2, 0.25) is 5.02 Å². The number of hydrogen-bond donors (Lipinski definition) is 2. The fourth-order valence-electron chi connectivity index (χ4n) is 3.25. The molecule has 0 aliphatic carbocycles. The maximum atomic E-state index is 12.4. The minimum Gasteiger partial charge on any atom is -0.489 e. The fraction of sp³-hybridized carbons (Fsp3) is 0.148. The molecule has 1 aromatic heterocycles. The average Bonchev–Trinajstić information content (AvgIpc) is 3.35. The summed E-state index contributed by atoms with van der Waals surface area (Å²) >= 11 is 5.91. The topological polar surface area (TPSA) is 79.4 Å². The largest absolute Gasteiger partial charge is 0.489 e. The number of benzene rings is 3. The second kappa shape index (κ2) is 10.8. The predicted octanol–water partition coefficient (Wildman–Crippen LogP) is 6.20. The van der Waals surface area contributed by atoms with Crippen LogP contribution in [-0.2, 0) is 6.61 Å². The van der Waals surface area contributed by atoms with E-state index in [1.165, 1.54) is 5.56 Å². The Kier molecular flexibility index (Phi) is 7.40. The summed E-state index contributed by atoms with van der Waals surface area (Å²) in [6.07, 6.45) is 1.61. The molecule has 1 heterocycles. The third-order valence-corrected chi connectivity index (χ3v) is 5.53. The Morgan fingerprint density at radius 1 is 1.06 bits per heavy atom. The van der Waals surface area contributed by atoms with Gasteiger partial charge in [-0.1, -0.05) is 61.8 Å². The first-order chi connectivity index (χ1) is 16.5. The molecule has 0 spiro atoms. The van der Waals surface area contributed by atoms with Crippen molar-refractivity contribution in [1.29, 1.82) is 0 Å². The summed E-state index contributed by atoms with van der Waals surface area (Å²) in [5, 5.41) is 11.7. The summed E-state index contributed by atoms with van der Waals surface area (Å²) in [5.41, 5.74) is 7.57. The second-order valence-electron chi connectivity index (χ2n) is 8.13. The molecule has 7 heteroatoms. The van der Waals surface area contributed by atoms with E-state index in [9.17, 15) is 4.79 Å². The zero-order chi connectivity index (χ0) is 23.9. The molecule has 6 nitrogen and oxygen atoms in total. The van der Waals surface area contributed by atoms with Crippen LogP contribution < -0.4 is 10.2 Å². The lowest BCUT2D eigenvalue weighted by Gasteiger charge is -2.07. The fourth-order valence-corrected chi connectivity index (χ4v) is 3.37. The van der Waals surface area contributed by atoms with Crippen molar-refractivity contribution in [1.82, 2.24) is 15.6 Å². The van der Waals surface area contributed by atoms with Crippen LogP contribution in [0.5, 0.6) is 5.75 Å². The number of amides is 1. The second-order valence-corrected chi connectivity index (χ2v) is 8.56. The van der Waals surface area contributed by atoms with Crippen LogP contribution in [0.3, 0.4) is 0 Å². The van der Waals surface area contributed by atoms with Gasteiger partial charge in [0, 0.05) is 10.6 Å². The normalized spacial score (nSPS) is 11.2. The third-order valence-electron chi connectivity index (χ3n) is 5.27. The molecule has 0 fully saturated rings. The van der Waals surface area contributed by atoms with Gasteiger partial charge in [-0.3, -0.25) is 9.89 Å². The van der Waals surface area contributed by atoms with Crippen molar-refractivity contribution in [3.8, 4) is 17.0 Å². The average molecular weight is 473 g/mol. The molecule has 0 unspecified atom stereocenters. The number of aromatic amines is 1. The lowest BCUT2D eigenvalue weighted by atomic mass is 10.0. The molecule has 0 radical (unpaired) electrons. The standard InChI is InChI=1S/C27H25ClN4O2/c1-18(2)21-7-3-19(4-8-21)16-29-32-27(33)26-15-25(30-31-26)22-9-13-24(14-10-22)34-17-20-5-11-23(28)12-6-20/h3-16,18H,17H2,1-2H3,(H,30,31)(H,32,33)/b29-16-. The molecule has 0 saturated carbocycles. The van der Waals surface area contributed by atoms with Crippen molar-refractivity contribution in [3.63, 3.8) is 0 Å². The molecule has 0 saturated heterocycles. The number of ether oxygens (including phenoxy) is 1. The van der Waals surface area contributed by atoms with Crippen LogP contribution in [0.4, 0.5) is 0 Å². The lowest BCUT2D eigenvalue weighted by Crippen LogP contribution is -2.18. The molecule has 4 rings (SSSR count). The van der Waals surface area contributed by atoms with E-state index in [2.05, 4.69) is 46.7 Å². The van der Waals surface area contributed by atoms with E-state index >= 15 is 0 Å². The zero-order valence-corrected chi connectivity index (χ0v) is 19.7. The molecule has 0 atom stereocenters. The number of H-pyrrole nitrogens is 1. The van der Waals surface area contributed by atoms with Gasteiger partial charge in [0.25, 0.3) is 5.91 Å². The predicted molar refractivity (Wildman–Crippen MR) is 135 cm³/mol. The molecular formula is C27H25ClN4O2. The van der Waals surface area contributed by atoms with Crippen molar-refractivity contribution in [2.24, 2.45) is 5.10 Å². The van der Waals surface area contributed by atoms with Gasteiger partial charge in [-0.2, -0.15) is 10.2 Å². The van der Waals surface area contributed by atoms with Crippen molar-refractivity contribution < 1.29 is 9.53 Å². The van der Waals surface area contributed by atoms with Crippen LogP contribution in [0, 0.1) is 0 Å². The number of hydrogen-bond acceptors (Lipinski definition) is 4. The summed E-state index contributed by atoms with van der Waals surface area (Å²) in [6.45, 7) is 4.74. The summed E-state index contributed by atoms with van der Waals surface area (Å²) in [4.78, 5) is 12.4. The SMILES string of the molecule is CC(C)c1ccc(/C=N\NC(=O)c2cc(-c3ccc(OCc4ccc(Cl)cc4)cc3)n[nH]2)cc1. The maximum Gasteiger partial charge on any atom is 0.289 e. The first kappa shape index (κ1) is 23.3. The number of nitrogens with zero attached hydrogens (tertiary/aromatic N) is 2. The van der Waals surface area contributed by atoms with Crippen LogP contribution >= 0.6 is 11.6 Å². The number of rotatable bonds is 8.